The van der Waals surface area contributed by atoms with Gasteiger partial charge in [-0.1, -0.05) is 66.5 Å². The minimum absolute atomic E-state index is 0.373. The van der Waals surface area contributed by atoms with Gasteiger partial charge in [0, 0.05) is 4.83 Å². The SMILES string of the molecule is Cc1ccc(CC(C)(C)CC(C)Br)cc1. The molecule has 0 radical (unpaired) electrons. The van der Waals surface area contributed by atoms with Crippen LogP contribution in [0.3, 0.4) is 0 Å². The molecule has 0 aliphatic rings. The molecule has 0 nitrogen and oxygen atoms in total. The van der Waals surface area contributed by atoms with Gasteiger partial charge in [-0.15, -0.1) is 0 Å². The van der Waals surface area contributed by atoms with E-state index in [1.54, 1.807) is 0 Å². The van der Waals surface area contributed by atoms with Crippen molar-refractivity contribution in [3.8, 4) is 0 Å². The topological polar surface area (TPSA) is 0 Å². The standard InChI is InChI=1S/C14H21Br/c1-11-5-7-13(8-6-11)10-14(3,4)9-12(2)15/h5-8,12H,9-10H2,1-4H3. The molecule has 0 heterocycles. The van der Waals surface area contributed by atoms with E-state index in [2.05, 4.69) is 67.9 Å². The molecule has 0 saturated heterocycles. The number of benzene rings is 1. The number of rotatable bonds is 4. The third-order valence-corrected chi connectivity index (χ3v) is 2.96. The monoisotopic (exact) mass is 268 g/mol. The highest BCUT2D eigenvalue weighted by Gasteiger charge is 2.20. The lowest BCUT2D eigenvalue weighted by Crippen LogP contribution is -2.18. The van der Waals surface area contributed by atoms with Gasteiger partial charge in [0.25, 0.3) is 0 Å². The Bertz CT molecular complexity index is 296. The van der Waals surface area contributed by atoms with Crippen molar-refractivity contribution in [3.63, 3.8) is 0 Å². The Hall–Kier alpha value is -0.300. The van der Waals surface area contributed by atoms with Gasteiger partial charge >= 0.3 is 0 Å². The zero-order valence-corrected chi connectivity index (χ0v) is 11.8. The summed E-state index contributed by atoms with van der Waals surface area (Å²) in [5.74, 6) is 0. The van der Waals surface area contributed by atoms with Crippen LogP contribution >= 0.6 is 15.9 Å². The Morgan fingerprint density at radius 3 is 2.20 bits per heavy atom. The molecule has 0 N–H and O–H groups in total. The molecule has 0 saturated carbocycles. The Balaban J connectivity index is 2.64. The molecule has 1 heteroatoms. The summed E-state index contributed by atoms with van der Waals surface area (Å²) in [5, 5.41) is 0. The fraction of sp³-hybridized carbons (Fsp3) is 0.571. The Morgan fingerprint density at radius 2 is 1.73 bits per heavy atom. The summed E-state index contributed by atoms with van der Waals surface area (Å²) >= 11 is 3.64. The summed E-state index contributed by atoms with van der Waals surface area (Å²) in [6, 6.07) is 8.89. The van der Waals surface area contributed by atoms with Gasteiger partial charge in [-0.2, -0.15) is 0 Å². The zero-order chi connectivity index (χ0) is 11.5. The third-order valence-electron chi connectivity index (χ3n) is 2.64. The molecular formula is C14H21Br. The van der Waals surface area contributed by atoms with E-state index in [0.717, 1.165) is 6.42 Å². The molecule has 0 spiro atoms. The highest BCUT2D eigenvalue weighted by Crippen LogP contribution is 2.29. The summed E-state index contributed by atoms with van der Waals surface area (Å²) < 4.78 is 0. The lowest BCUT2D eigenvalue weighted by molar-refractivity contribution is 0.335. The Labute approximate surface area is 102 Å². The second-order valence-electron chi connectivity index (χ2n) is 5.31. The van der Waals surface area contributed by atoms with Gasteiger partial charge in [-0.05, 0) is 30.7 Å². The number of hydrogen-bond donors (Lipinski definition) is 0. The highest BCUT2D eigenvalue weighted by atomic mass is 79.9. The summed E-state index contributed by atoms with van der Waals surface area (Å²) in [6.45, 7) is 9.03. The first kappa shape index (κ1) is 12.8. The minimum Gasteiger partial charge on any atom is -0.0893 e. The fourth-order valence-corrected chi connectivity index (χ4v) is 2.97. The molecule has 0 fully saturated rings. The second kappa shape index (κ2) is 5.16. The van der Waals surface area contributed by atoms with Gasteiger partial charge in [-0.25, -0.2) is 0 Å². The molecule has 0 aromatic heterocycles. The van der Waals surface area contributed by atoms with Crippen molar-refractivity contribution >= 4 is 15.9 Å². The van der Waals surface area contributed by atoms with Crippen LogP contribution in [0, 0.1) is 12.3 Å². The highest BCUT2D eigenvalue weighted by molar-refractivity contribution is 9.09. The van der Waals surface area contributed by atoms with Crippen molar-refractivity contribution in [3.05, 3.63) is 35.4 Å². The van der Waals surface area contributed by atoms with Crippen LogP contribution in [-0.2, 0) is 6.42 Å². The average Bonchev–Trinajstić information content (AvgIpc) is 2.06. The van der Waals surface area contributed by atoms with Crippen LogP contribution in [0.5, 0.6) is 0 Å². The quantitative estimate of drug-likeness (QED) is 0.693. The Kier molecular flexibility index (Phi) is 4.39. The van der Waals surface area contributed by atoms with Crippen LogP contribution in [0.15, 0.2) is 24.3 Å². The van der Waals surface area contributed by atoms with Gasteiger partial charge in [0.2, 0.25) is 0 Å². The van der Waals surface area contributed by atoms with Crippen molar-refractivity contribution in [2.45, 2.75) is 45.4 Å². The molecule has 1 aromatic rings. The predicted octanol–water partition coefficient (Wildman–Crippen LogP) is 4.74. The van der Waals surface area contributed by atoms with Gasteiger partial charge in [0.15, 0.2) is 0 Å². The lowest BCUT2D eigenvalue weighted by atomic mass is 9.82. The van der Waals surface area contributed by atoms with E-state index in [1.165, 1.54) is 17.5 Å². The maximum atomic E-state index is 3.64. The van der Waals surface area contributed by atoms with Crippen LogP contribution in [-0.4, -0.2) is 4.83 Å². The molecule has 1 rings (SSSR count). The summed E-state index contributed by atoms with van der Waals surface area (Å²) in [4.78, 5) is 0.595. The second-order valence-corrected chi connectivity index (χ2v) is 6.87. The maximum absolute atomic E-state index is 3.64. The third kappa shape index (κ3) is 4.83. The van der Waals surface area contributed by atoms with E-state index in [4.69, 9.17) is 0 Å². The fourth-order valence-electron chi connectivity index (χ4n) is 2.09. The van der Waals surface area contributed by atoms with Crippen LogP contribution in [0.25, 0.3) is 0 Å². The minimum atomic E-state index is 0.373. The molecule has 15 heavy (non-hydrogen) atoms. The summed E-state index contributed by atoms with van der Waals surface area (Å²) in [6.07, 6.45) is 2.37. The molecule has 84 valence electrons. The normalized spacial score (nSPS) is 13.9. The van der Waals surface area contributed by atoms with E-state index in [-0.39, 0.29) is 0 Å². The average molecular weight is 269 g/mol. The molecule has 0 bridgehead atoms. The molecule has 0 amide bonds. The first-order chi connectivity index (χ1) is 6.89. The number of hydrogen-bond acceptors (Lipinski definition) is 0. The van der Waals surface area contributed by atoms with E-state index in [9.17, 15) is 0 Å². The van der Waals surface area contributed by atoms with Crippen molar-refractivity contribution < 1.29 is 0 Å². The zero-order valence-electron chi connectivity index (χ0n) is 10.2. The Morgan fingerprint density at radius 1 is 1.20 bits per heavy atom. The van der Waals surface area contributed by atoms with Crippen LogP contribution in [0.1, 0.15) is 38.3 Å². The van der Waals surface area contributed by atoms with E-state index >= 15 is 0 Å². The van der Waals surface area contributed by atoms with Crippen LogP contribution in [0.4, 0.5) is 0 Å². The number of halogens is 1. The number of aryl methyl sites for hydroxylation is 1. The predicted molar refractivity (Wildman–Crippen MR) is 71.7 cm³/mol. The van der Waals surface area contributed by atoms with Crippen molar-refractivity contribution in [2.24, 2.45) is 5.41 Å². The van der Waals surface area contributed by atoms with Crippen molar-refractivity contribution in [1.29, 1.82) is 0 Å². The maximum Gasteiger partial charge on any atom is 0.0122 e. The number of alkyl halides is 1. The molecular weight excluding hydrogens is 248 g/mol. The van der Waals surface area contributed by atoms with E-state index in [1.807, 2.05) is 0 Å². The smallest absolute Gasteiger partial charge is 0.0122 e. The largest absolute Gasteiger partial charge is 0.0893 e. The molecule has 1 atom stereocenters. The first-order valence-corrected chi connectivity index (χ1v) is 6.50. The van der Waals surface area contributed by atoms with Gasteiger partial charge in [0.05, 0.1) is 0 Å². The molecule has 0 aliphatic heterocycles. The van der Waals surface area contributed by atoms with E-state index in [0.29, 0.717) is 10.2 Å². The van der Waals surface area contributed by atoms with Crippen molar-refractivity contribution in [2.75, 3.05) is 0 Å². The van der Waals surface area contributed by atoms with Crippen molar-refractivity contribution in [1.82, 2.24) is 0 Å². The van der Waals surface area contributed by atoms with E-state index < -0.39 is 0 Å². The van der Waals surface area contributed by atoms with Crippen LogP contribution in [0.2, 0.25) is 0 Å². The van der Waals surface area contributed by atoms with Gasteiger partial charge in [-0.3, -0.25) is 0 Å². The molecule has 0 aliphatic carbocycles. The first-order valence-electron chi connectivity index (χ1n) is 5.59. The lowest BCUT2D eigenvalue weighted by Gasteiger charge is -2.26. The molecule has 1 aromatic carbocycles. The van der Waals surface area contributed by atoms with Gasteiger partial charge in [0.1, 0.15) is 0 Å². The summed E-state index contributed by atoms with van der Waals surface area (Å²) in [7, 11) is 0. The van der Waals surface area contributed by atoms with Crippen LogP contribution < -0.4 is 0 Å². The molecule has 1 unspecified atom stereocenters. The van der Waals surface area contributed by atoms with Gasteiger partial charge < -0.3 is 0 Å². The summed E-state index contributed by atoms with van der Waals surface area (Å²) in [5.41, 5.74) is 3.15.